The van der Waals surface area contributed by atoms with E-state index in [1.54, 1.807) is 12.3 Å². The Labute approximate surface area is 174 Å². The first-order valence-corrected chi connectivity index (χ1v) is 9.32. The number of nitrogens with zero attached hydrogens (tertiary/aromatic N) is 4. The van der Waals surface area contributed by atoms with E-state index in [4.69, 9.17) is 4.74 Å². The van der Waals surface area contributed by atoms with Crippen LogP contribution in [0.3, 0.4) is 0 Å². The van der Waals surface area contributed by atoms with E-state index in [2.05, 4.69) is 25.0 Å². The minimum atomic E-state index is -3.14. The molecule has 0 spiro atoms. The number of hydrogen-bond donors (Lipinski definition) is 1. The number of aromatic nitrogens is 3. The average molecular weight is 435 g/mol. The fraction of sp³-hybridized carbons (Fsp3) is 0.250. The maximum Gasteiger partial charge on any atom is 0.387 e. The first-order valence-electron chi connectivity index (χ1n) is 9.32. The van der Waals surface area contributed by atoms with Gasteiger partial charge in [-0.2, -0.15) is 18.2 Å². The molecule has 3 aromatic rings. The Morgan fingerprint density at radius 2 is 1.84 bits per heavy atom. The Morgan fingerprint density at radius 3 is 2.58 bits per heavy atom. The van der Waals surface area contributed by atoms with Crippen molar-refractivity contribution in [2.75, 3.05) is 36.5 Å². The molecule has 1 fully saturated rings. The highest BCUT2D eigenvalue weighted by atomic mass is 19.3. The van der Waals surface area contributed by atoms with Gasteiger partial charge in [0.1, 0.15) is 5.82 Å². The van der Waals surface area contributed by atoms with Crippen LogP contribution in [0, 0.1) is 11.8 Å². The van der Waals surface area contributed by atoms with Crippen molar-refractivity contribution in [2.24, 2.45) is 0 Å². The molecule has 0 bridgehead atoms. The SMILES string of the molecule is Fc1cc(-c2cnc(F)c(Nc3ccnc(N4CCOCC4)n3)c2)ccc1OC(F)F. The van der Waals surface area contributed by atoms with E-state index in [0.29, 0.717) is 49.2 Å². The summed E-state index contributed by atoms with van der Waals surface area (Å²) in [5.41, 5.74) is 0.692. The first kappa shape index (κ1) is 20.8. The van der Waals surface area contributed by atoms with Crippen molar-refractivity contribution in [2.45, 2.75) is 6.61 Å². The maximum absolute atomic E-state index is 14.3. The number of halogens is 4. The minimum absolute atomic E-state index is 0.0115. The molecule has 0 amide bonds. The van der Waals surface area contributed by atoms with Crippen LogP contribution in [0.5, 0.6) is 5.75 Å². The molecule has 4 rings (SSSR count). The Bertz CT molecular complexity index is 1060. The van der Waals surface area contributed by atoms with E-state index >= 15 is 0 Å². The molecule has 1 aliphatic rings. The van der Waals surface area contributed by atoms with Crippen LogP contribution in [0.25, 0.3) is 11.1 Å². The molecular formula is C20H17F4N5O2. The van der Waals surface area contributed by atoms with Gasteiger partial charge >= 0.3 is 6.61 Å². The summed E-state index contributed by atoms with van der Waals surface area (Å²) in [6.07, 6.45) is 2.76. The third-order valence-electron chi connectivity index (χ3n) is 4.52. The van der Waals surface area contributed by atoms with Gasteiger partial charge in [0.25, 0.3) is 0 Å². The van der Waals surface area contributed by atoms with E-state index in [-0.39, 0.29) is 5.69 Å². The molecule has 31 heavy (non-hydrogen) atoms. The van der Waals surface area contributed by atoms with Gasteiger partial charge in [-0.3, -0.25) is 0 Å². The predicted molar refractivity (Wildman–Crippen MR) is 105 cm³/mol. The van der Waals surface area contributed by atoms with E-state index < -0.39 is 24.1 Å². The van der Waals surface area contributed by atoms with E-state index in [1.807, 2.05) is 4.90 Å². The molecule has 11 heteroatoms. The highest BCUT2D eigenvalue weighted by Gasteiger charge is 2.16. The van der Waals surface area contributed by atoms with Gasteiger partial charge < -0.3 is 19.7 Å². The lowest BCUT2D eigenvalue weighted by molar-refractivity contribution is -0.0521. The summed E-state index contributed by atoms with van der Waals surface area (Å²) in [4.78, 5) is 14.3. The van der Waals surface area contributed by atoms with Gasteiger partial charge in [-0.25, -0.2) is 14.4 Å². The van der Waals surface area contributed by atoms with E-state index in [0.717, 1.165) is 12.1 Å². The van der Waals surface area contributed by atoms with Crippen LogP contribution in [0.4, 0.5) is 35.0 Å². The van der Waals surface area contributed by atoms with Crippen LogP contribution in [-0.4, -0.2) is 47.9 Å². The molecule has 162 valence electrons. The molecular weight excluding hydrogens is 418 g/mol. The second kappa shape index (κ2) is 9.13. The van der Waals surface area contributed by atoms with E-state index in [9.17, 15) is 17.6 Å². The number of morpholine rings is 1. The molecule has 1 N–H and O–H groups in total. The lowest BCUT2D eigenvalue weighted by atomic mass is 10.1. The maximum atomic E-state index is 14.3. The van der Waals surface area contributed by atoms with Gasteiger partial charge in [0.2, 0.25) is 11.9 Å². The van der Waals surface area contributed by atoms with Crippen molar-refractivity contribution in [1.29, 1.82) is 0 Å². The highest BCUT2D eigenvalue weighted by Crippen LogP contribution is 2.29. The molecule has 3 heterocycles. The second-order valence-corrected chi connectivity index (χ2v) is 6.55. The number of pyridine rings is 1. The molecule has 0 saturated carbocycles. The van der Waals surface area contributed by atoms with E-state index in [1.165, 1.54) is 18.3 Å². The summed E-state index contributed by atoms with van der Waals surface area (Å²) >= 11 is 0. The smallest absolute Gasteiger partial charge is 0.387 e. The Hall–Kier alpha value is -3.47. The zero-order valence-corrected chi connectivity index (χ0v) is 16.1. The third-order valence-corrected chi connectivity index (χ3v) is 4.52. The fourth-order valence-electron chi connectivity index (χ4n) is 3.04. The Balaban J connectivity index is 1.57. The quantitative estimate of drug-likeness (QED) is 0.464. The van der Waals surface area contributed by atoms with Gasteiger partial charge in [0, 0.05) is 31.0 Å². The van der Waals surface area contributed by atoms with Crippen LogP contribution in [-0.2, 0) is 4.74 Å². The van der Waals surface area contributed by atoms with Gasteiger partial charge in [0.15, 0.2) is 11.6 Å². The fourth-order valence-corrected chi connectivity index (χ4v) is 3.04. The molecule has 0 radical (unpaired) electrons. The zero-order chi connectivity index (χ0) is 21.8. The number of alkyl halides is 2. The normalized spacial score (nSPS) is 14.0. The Kier molecular flexibility index (Phi) is 6.12. The third kappa shape index (κ3) is 5.00. The zero-order valence-electron chi connectivity index (χ0n) is 16.1. The minimum Gasteiger partial charge on any atom is -0.432 e. The first-order chi connectivity index (χ1) is 15.0. The second-order valence-electron chi connectivity index (χ2n) is 6.55. The van der Waals surface area contributed by atoms with Crippen molar-refractivity contribution >= 4 is 17.5 Å². The number of rotatable bonds is 6. The summed E-state index contributed by atoms with van der Waals surface area (Å²) < 4.78 is 62.4. The predicted octanol–water partition coefficient (Wildman–Crippen LogP) is 4.00. The molecule has 1 saturated heterocycles. The van der Waals surface area contributed by atoms with Crippen molar-refractivity contribution < 1.29 is 27.0 Å². The largest absolute Gasteiger partial charge is 0.432 e. The Morgan fingerprint density at radius 1 is 1.03 bits per heavy atom. The number of hydrogen-bond acceptors (Lipinski definition) is 7. The van der Waals surface area contributed by atoms with Crippen molar-refractivity contribution in [1.82, 2.24) is 15.0 Å². The molecule has 0 unspecified atom stereocenters. The van der Waals surface area contributed by atoms with Gasteiger partial charge in [0.05, 0.1) is 18.9 Å². The van der Waals surface area contributed by atoms with Crippen molar-refractivity contribution in [3.05, 3.63) is 54.5 Å². The molecule has 0 aliphatic carbocycles. The summed E-state index contributed by atoms with van der Waals surface area (Å²) in [5.74, 6) is -1.50. The van der Waals surface area contributed by atoms with Crippen LogP contribution in [0.1, 0.15) is 0 Å². The summed E-state index contributed by atoms with van der Waals surface area (Å²) in [6.45, 7) is -0.713. The number of ether oxygens (including phenoxy) is 2. The van der Waals surface area contributed by atoms with Crippen LogP contribution >= 0.6 is 0 Å². The van der Waals surface area contributed by atoms with Gasteiger partial charge in [-0.15, -0.1) is 0 Å². The summed E-state index contributed by atoms with van der Waals surface area (Å²) in [6, 6.07) is 6.46. The lowest BCUT2D eigenvalue weighted by Gasteiger charge is -2.26. The monoisotopic (exact) mass is 435 g/mol. The molecule has 7 nitrogen and oxygen atoms in total. The molecule has 0 atom stereocenters. The van der Waals surface area contributed by atoms with Crippen LogP contribution in [0.2, 0.25) is 0 Å². The molecule has 1 aromatic carbocycles. The van der Waals surface area contributed by atoms with Crippen molar-refractivity contribution in [3.8, 4) is 16.9 Å². The van der Waals surface area contributed by atoms with Crippen LogP contribution < -0.4 is 15.0 Å². The standard InChI is InChI=1S/C20H17F4N5O2/c21-14-9-12(1-2-16(14)31-19(23)24)13-10-15(18(22)26-11-13)27-17-3-4-25-20(28-17)29-5-7-30-8-6-29/h1-4,9-11,19H,5-8H2,(H,25,27,28). The van der Waals surface area contributed by atoms with Crippen molar-refractivity contribution in [3.63, 3.8) is 0 Å². The van der Waals surface area contributed by atoms with Gasteiger partial charge in [-0.1, -0.05) is 6.07 Å². The highest BCUT2D eigenvalue weighted by molar-refractivity contribution is 5.69. The van der Waals surface area contributed by atoms with Crippen LogP contribution in [0.15, 0.2) is 42.7 Å². The lowest BCUT2D eigenvalue weighted by Crippen LogP contribution is -2.37. The number of nitrogens with one attached hydrogen (secondary N) is 1. The van der Waals surface area contributed by atoms with Gasteiger partial charge in [-0.05, 0) is 29.8 Å². The average Bonchev–Trinajstić information content (AvgIpc) is 2.77. The molecule has 2 aromatic heterocycles. The molecule has 1 aliphatic heterocycles. The topological polar surface area (TPSA) is 72.4 Å². The summed E-state index contributed by atoms with van der Waals surface area (Å²) in [5, 5.41) is 2.85. The number of anilines is 3. The number of benzene rings is 1. The summed E-state index contributed by atoms with van der Waals surface area (Å²) in [7, 11) is 0.